The second-order valence-corrected chi connectivity index (χ2v) is 10.9. The Morgan fingerprint density at radius 1 is 1.15 bits per heavy atom. The highest BCUT2D eigenvalue weighted by Gasteiger charge is 2.36. The smallest absolute Gasteiger partial charge is 0.264 e. The highest BCUT2D eigenvalue weighted by molar-refractivity contribution is 7.12. The third kappa shape index (κ3) is 5.28. The molecule has 0 aliphatic carbocycles. The monoisotopic (exact) mass is 486 g/mol. The predicted molar refractivity (Wildman–Crippen MR) is 129 cm³/mol. The molecule has 1 aliphatic rings. The van der Waals surface area contributed by atoms with Crippen LogP contribution in [0.3, 0.4) is 0 Å². The summed E-state index contributed by atoms with van der Waals surface area (Å²) in [6.07, 6.45) is 0.767. The summed E-state index contributed by atoms with van der Waals surface area (Å²) in [5.41, 5.74) is 0.538. The van der Waals surface area contributed by atoms with Crippen molar-refractivity contribution in [2.24, 2.45) is 0 Å². The van der Waals surface area contributed by atoms with Crippen molar-refractivity contribution in [3.63, 3.8) is 0 Å². The summed E-state index contributed by atoms with van der Waals surface area (Å²) in [6.45, 7) is 6.55. The fourth-order valence-corrected chi connectivity index (χ4v) is 5.58. The van der Waals surface area contributed by atoms with E-state index >= 15 is 0 Å². The fraction of sp³-hybridized carbons (Fsp3) is 0.360. The number of rotatable bonds is 6. The first-order chi connectivity index (χ1) is 15.7. The quantitative estimate of drug-likeness (QED) is 0.469. The fourth-order valence-electron chi connectivity index (χ4n) is 3.98. The Morgan fingerprint density at radius 2 is 1.97 bits per heavy atom. The van der Waals surface area contributed by atoms with Crippen molar-refractivity contribution in [2.75, 3.05) is 19.7 Å². The molecule has 0 saturated heterocycles. The van der Waals surface area contributed by atoms with Crippen molar-refractivity contribution >= 4 is 34.5 Å². The second-order valence-electron chi connectivity index (χ2n) is 8.96. The van der Waals surface area contributed by atoms with Crippen LogP contribution < -0.4 is 4.74 Å². The van der Waals surface area contributed by atoms with Crippen LogP contribution in [-0.2, 0) is 11.2 Å². The Morgan fingerprint density at radius 3 is 2.67 bits per heavy atom. The van der Waals surface area contributed by atoms with Gasteiger partial charge in [-0.1, -0.05) is 12.1 Å². The van der Waals surface area contributed by atoms with Gasteiger partial charge in [0.15, 0.2) is 0 Å². The zero-order valence-corrected chi connectivity index (χ0v) is 20.5. The van der Waals surface area contributed by atoms with Gasteiger partial charge in [0.2, 0.25) is 5.91 Å². The average molecular weight is 487 g/mol. The number of amides is 2. The number of hydrogen-bond acceptors (Lipinski definition) is 5. The van der Waals surface area contributed by atoms with Crippen LogP contribution in [0.4, 0.5) is 4.39 Å². The van der Waals surface area contributed by atoms with Crippen LogP contribution in [-0.4, -0.2) is 46.8 Å². The molecular weight excluding hydrogens is 459 g/mol. The lowest BCUT2D eigenvalue weighted by Crippen LogP contribution is -2.53. The van der Waals surface area contributed by atoms with Crippen molar-refractivity contribution in [1.82, 2.24) is 9.80 Å². The van der Waals surface area contributed by atoms with E-state index in [-0.39, 0.29) is 36.8 Å². The molecule has 8 heteroatoms. The average Bonchev–Trinajstić information content (AvgIpc) is 3.46. The molecule has 5 nitrogen and oxygen atoms in total. The molecule has 0 spiro atoms. The number of nitrogens with zero attached hydrogens (tertiary/aromatic N) is 2. The molecule has 174 valence electrons. The number of hydrogen-bond donors (Lipinski definition) is 0. The SMILES string of the molecule is CC(C)(C)N(CC(=O)N1CCc2sccc2[C@H]1COc1cccc(F)c1)C(=O)c1cccs1. The van der Waals surface area contributed by atoms with E-state index in [0.29, 0.717) is 17.2 Å². The molecule has 3 heterocycles. The van der Waals surface area contributed by atoms with Gasteiger partial charge in [-0.15, -0.1) is 22.7 Å². The first-order valence-corrected chi connectivity index (χ1v) is 12.6. The van der Waals surface area contributed by atoms with E-state index in [2.05, 4.69) is 0 Å². The molecule has 0 bridgehead atoms. The van der Waals surface area contributed by atoms with Crippen molar-refractivity contribution in [3.8, 4) is 5.75 Å². The van der Waals surface area contributed by atoms with Crippen molar-refractivity contribution in [3.05, 3.63) is 74.4 Å². The number of fused-ring (bicyclic) bond motifs is 1. The van der Waals surface area contributed by atoms with Gasteiger partial charge in [-0.2, -0.15) is 0 Å². The molecule has 1 aromatic carbocycles. The minimum Gasteiger partial charge on any atom is -0.491 e. The van der Waals surface area contributed by atoms with E-state index in [4.69, 9.17) is 4.74 Å². The van der Waals surface area contributed by atoms with Gasteiger partial charge in [0.1, 0.15) is 24.7 Å². The van der Waals surface area contributed by atoms with Crippen LogP contribution in [0.2, 0.25) is 0 Å². The minimum atomic E-state index is -0.520. The van der Waals surface area contributed by atoms with E-state index in [9.17, 15) is 14.0 Å². The summed E-state index contributed by atoms with van der Waals surface area (Å²) >= 11 is 3.04. The topological polar surface area (TPSA) is 49.9 Å². The first kappa shape index (κ1) is 23.4. The molecule has 0 fully saturated rings. The molecule has 2 amide bonds. The number of carbonyl (C=O) groups excluding carboxylic acids is 2. The Hall–Kier alpha value is -2.71. The van der Waals surface area contributed by atoms with E-state index in [0.717, 1.165) is 12.0 Å². The van der Waals surface area contributed by atoms with E-state index in [1.54, 1.807) is 39.3 Å². The molecule has 0 unspecified atom stereocenters. The molecule has 1 aliphatic heterocycles. The van der Waals surface area contributed by atoms with E-state index < -0.39 is 5.54 Å². The molecule has 1 atom stereocenters. The van der Waals surface area contributed by atoms with Crippen molar-refractivity contribution < 1.29 is 18.7 Å². The third-order valence-corrected chi connectivity index (χ3v) is 7.55. The van der Waals surface area contributed by atoms with Crippen molar-refractivity contribution in [2.45, 2.75) is 38.8 Å². The number of benzene rings is 1. The predicted octanol–water partition coefficient (Wildman–Crippen LogP) is 5.39. The maximum Gasteiger partial charge on any atom is 0.264 e. The molecule has 4 rings (SSSR count). The summed E-state index contributed by atoms with van der Waals surface area (Å²) < 4.78 is 19.5. The van der Waals surface area contributed by atoms with Crippen molar-refractivity contribution in [1.29, 1.82) is 0 Å². The molecule has 2 aromatic heterocycles. The van der Waals surface area contributed by atoms with Gasteiger partial charge in [-0.3, -0.25) is 9.59 Å². The summed E-state index contributed by atoms with van der Waals surface area (Å²) in [7, 11) is 0. The molecule has 33 heavy (non-hydrogen) atoms. The van der Waals surface area contributed by atoms with E-state index in [1.165, 1.54) is 28.3 Å². The molecule has 0 saturated carbocycles. The van der Waals surface area contributed by atoms with Gasteiger partial charge in [-0.05, 0) is 67.8 Å². The lowest BCUT2D eigenvalue weighted by molar-refractivity contribution is -0.136. The zero-order chi connectivity index (χ0) is 23.6. The Kier molecular flexibility index (Phi) is 6.86. The van der Waals surface area contributed by atoms with Gasteiger partial charge in [0.25, 0.3) is 5.91 Å². The van der Waals surface area contributed by atoms with Gasteiger partial charge in [-0.25, -0.2) is 4.39 Å². The summed E-state index contributed by atoms with van der Waals surface area (Å²) in [5.74, 6) is -0.215. The maximum atomic E-state index is 13.6. The Bertz CT molecular complexity index is 1120. The van der Waals surface area contributed by atoms with Gasteiger partial charge >= 0.3 is 0 Å². The highest BCUT2D eigenvalue weighted by atomic mass is 32.1. The largest absolute Gasteiger partial charge is 0.491 e. The van der Waals surface area contributed by atoms with Gasteiger partial charge < -0.3 is 14.5 Å². The zero-order valence-electron chi connectivity index (χ0n) is 18.9. The van der Waals surface area contributed by atoms with Crippen LogP contribution in [0, 0.1) is 5.82 Å². The highest BCUT2D eigenvalue weighted by Crippen LogP contribution is 2.34. The molecule has 0 N–H and O–H groups in total. The van der Waals surface area contributed by atoms with Crippen LogP contribution in [0.1, 0.15) is 46.9 Å². The molecule has 3 aromatic rings. The second kappa shape index (κ2) is 9.65. The van der Waals surface area contributed by atoms with Gasteiger partial charge in [0.05, 0.1) is 10.9 Å². The summed E-state index contributed by atoms with van der Waals surface area (Å²) in [5, 5.41) is 3.88. The lowest BCUT2D eigenvalue weighted by Gasteiger charge is -2.40. The number of carbonyl (C=O) groups is 2. The Balaban J connectivity index is 1.55. The lowest BCUT2D eigenvalue weighted by atomic mass is 9.99. The standard InChI is InChI=1S/C25H27FN2O3S2/c1-25(2,3)28(24(30)22-8-5-12-32-22)15-23(29)27-11-9-21-19(10-13-33-21)20(27)16-31-18-7-4-6-17(26)14-18/h4-8,10,12-14,20H,9,11,15-16H2,1-3H3/t20-/m1/s1. The summed E-state index contributed by atoms with van der Waals surface area (Å²) in [6, 6.07) is 11.4. The third-order valence-electron chi connectivity index (χ3n) is 5.70. The van der Waals surface area contributed by atoms with Crippen LogP contribution in [0.15, 0.2) is 53.2 Å². The number of thiophene rings is 2. The summed E-state index contributed by atoms with van der Waals surface area (Å²) in [4.78, 5) is 32.0. The van der Waals surface area contributed by atoms with Crippen LogP contribution >= 0.6 is 22.7 Å². The van der Waals surface area contributed by atoms with Gasteiger partial charge in [0, 0.05) is 23.0 Å². The molecule has 0 radical (unpaired) electrons. The number of ether oxygens (including phenoxy) is 1. The normalized spacial score (nSPS) is 15.8. The Labute approximate surface area is 201 Å². The van der Waals surface area contributed by atoms with Crippen LogP contribution in [0.5, 0.6) is 5.75 Å². The van der Waals surface area contributed by atoms with Crippen LogP contribution in [0.25, 0.3) is 0 Å². The molecular formula is C25H27FN2O3S2. The first-order valence-electron chi connectivity index (χ1n) is 10.8. The van der Waals surface area contributed by atoms with E-state index in [1.807, 2.05) is 43.7 Å². The minimum absolute atomic E-state index is 0.0177. The maximum absolute atomic E-state index is 13.6. The number of halogens is 1.